The van der Waals surface area contributed by atoms with E-state index in [1.54, 1.807) is 0 Å². The van der Waals surface area contributed by atoms with E-state index in [4.69, 9.17) is 4.74 Å². The molecule has 0 bridgehead atoms. The van der Waals surface area contributed by atoms with Gasteiger partial charge in [-0.05, 0) is 92.8 Å². The van der Waals surface area contributed by atoms with E-state index in [2.05, 4.69) is 5.32 Å². The molecule has 1 aliphatic heterocycles. The molecule has 0 saturated carbocycles. The summed E-state index contributed by atoms with van der Waals surface area (Å²) in [5, 5.41) is 3.25. The van der Waals surface area contributed by atoms with Crippen molar-refractivity contribution in [3.05, 3.63) is 94.2 Å². The minimum Gasteiger partial charge on any atom is -0.494 e. The third kappa shape index (κ3) is 4.14. The van der Waals surface area contributed by atoms with Crippen LogP contribution in [-0.4, -0.2) is 18.4 Å². The van der Waals surface area contributed by atoms with Gasteiger partial charge in [-0.2, -0.15) is 0 Å². The van der Waals surface area contributed by atoms with Gasteiger partial charge in [-0.15, -0.1) is 0 Å². The van der Waals surface area contributed by atoms with Gasteiger partial charge in [0.1, 0.15) is 11.4 Å². The Hall–Kier alpha value is -3.86. The lowest BCUT2D eigenvalue weighted by atomic mass is 10.0. The first kappa shape index (κ1) is 22.3. The van der Waals surface area contributed by atoms with Crippen LogP contribution in [0.2, 0.25) is 0 Å². The number of hydrogen-bond acceptors (Lipinski definition) is 4. The number of ether oxygens (including phenoxy) is 1. The Morgan fingerprint density at radius 3 is 2.21 bits per heavy atom. The maximum Gasteiger partial charge on any atom is 0.282 e. The normalized spacial score (nSPS) is 13.7. The monoisotopic (exact) mass is 440 g/mol. The van der Waals surface area contributed by atoms with E-state index in [1.807, 2.05) is 95.3 Å². The highest BCUT2D eigenvalue weighted by Gasteiger charge is 2.41. The Kier molecular flexibility index (Phi) is 6.05. The number of carbonyl (C=O) groups excluding carboxylic acids is 2. The van der Waals surface area contributed by atoms with Crippen molar-refractivity contribution < 1.29 is 14.3 Å². The molecule has 0 fully saturated rings. The van der Waals surface area contributed by atoms with Crippen molar-refractivity contribution in [2.45, 2.75) is 34.6 Å². The van der Waals surface area contributed by atoms with Crippen molar-refractivity contribution in [2.75, 3.05) is 16.8 Å². The van der Waals surface area contributed by atoms with Crippen molar-refractivity contribution in [2.24, 2.45) is 0 Å². The van der Waals surface area contributed by atoms with Crippen LogP contribution >= 0.6 is 0 Å². The van der Waals surface area contributed by atoms with Crippen molar-refractivity contribution in [3.8, 4) is 5.75 Å². The molecule has 1 aliphatic rings. The Morgan fingerprint density at radius 2 is 1.55 bits per heavy atom. The lowest BCUT2D eigenvalue weighted by Crippen LogP contribution is -2.33. The predicted octanol–water partition coefficient (Wildman–Crippen LogP) is 5.72. The predicted molar refractivity (Wildman–Crippen MR) is 132 cm³/mol. The van der Waals surface area contributed by atoms with Crippen molar-refractivity contribution in [3.63, 3.8) is 0 Å². The average molecular weight is 441 g/mol. The van der Waals surface area contributed by atoms with Crippen molar-refractivity contribution in [1.82, 2.24) is 0 Å². The van der Waals surface area contributed by atoms with Crippen LogP contribution in [0.1, 0.15) is 34.7 Å². The van der Waals surface area contributed by atoms with Gasteiger partial charge in [-0.25, -0.2) is 4.90 Å². The second-order valence-electron chi connectivity index (χ2n) is 8.30. The first-order chi connectivity index (χ1) is 15.8. The zero-order valence-corrected chi connectivity index (χ0v) is 19.7. The summed E-state index contributed by atoms with van der Waals surface area (Å²) in [6.07, 6.45) is 0. The molecule has 0 radical (unpaired) electrons. The molecule has 0 spiro atoms. The second-order valence-corrected chi connectivity index (χ2v) is 8.30. The van der Waals surface area contributed by atoms with Crippen LogP contribution in [0.5, 0.6) is 5.75 Å². The van der Waals surface area contributed by atoms with Gasteiger partial charge < -0.3 is 10.1 Å². The Bertz CT molecular complexity index is 1270. The SMILES string of the molecule is CCOc1ccc(C2=C(Nc3ccc(C)c(C)c3)C(=O)N(c3cccc(C)c3C)C2=O)cc1. The maximum atomic E-state index is 13.7. The zero-order valence-electron chi connectivity index (χ0n) is 19.7. The Labute approximate surface area is 194 Å². The minimum atomic E-state index is -0.365. The minimum absolute atomic E-state index is 0.272. The molecule has 4 rings (SSSR count). The molecule has 0 saturated heterocycles. The number of hydrogen-bond donors (Lipinski definition) is 1. The number of carbonyl (C=O) groups is 2. The summed E-state index contributed by atoms with van der Waals surface area (Å²) in [6, 6.07) is 18.8. The van der Waals surface area contributed by atoms with E-state index in [0.29, 0.717) is 29.2 Å². The summed E-state index contributed by atoms with van der Waals surface area (Å²) in [4.78, 5) is 28.6. The van der Waals surface area contributed by atoms with Crippen LogP contribution in [0, 0.1) is 27.7 Å². The molecule has 5 heteroatoms. The highest BCUT2D eigenvalue weighted by atomic mass is 16.5. The number of nitrogens with one attached hydrogen (secondary N) is 1. The molecule has 168 valence electrons. The number of rotatable bonds is 6. The molecule has 0 aromatic heterocycles. The first-order valence-electron chi connectivity index (χ1n) is 11.1. The number of amides is 2. The summed E-state index contributed by atoms with van der Waals surface area (Å²) in [5.41, 5.74) is 6.83. The number of nitrogens with zero attached hydrogens (tertiary/aromatic N) is 1. The molecular formula is C28H28N2O3. The van der Waals surface area contributed by atoms with Crippen LogP contribution in [0.15, 0.2) is 66.4 Å². The van der Waals surface area contributed by atoms with Crippen molar-refractivity contribution >= 4 is 28.8 Å². The van der Waals surface area contributed by atoms with E-state index in [1.165, 1.54) is 4.90 Å². The van der Waals surface area contributed by atoms with Crippen LogP contribution < -0.4 is 15.0 Å². The molecule has 2 amide bonds. The van der Waals surface area contributed by atoms with Crippen LogP contribution in [0.4, 0.5) is 11.4 Å². The number of anilines is 2. The third-order valence-electron chi connectivity index (χ3n) is 6.13. The summed E-state index contributed by atoms with van der Waals surface area (Å²) in [7, 11) is 0. The Morgan fingerprint density at radius 1 is 0.818 bits per heavy atom. The average Bonchev–Trinajstić information content (AvgIpc) is 3.03. The van der Waals surface area contributed by atoms with E-state index in [9.17, 15) is 9.59 Å². The number of benzene rings is 3. The summed E-state index contributed by atoms with van der Waals surface area (Å²) >= 11 is 0. The lowest BCUT2D eigenvalue weighted by Gasteiger charge is -2.19. The molecule has 1 heterocycles. The second kappa shape index (κ2) is 8.94. The third-order valence-corrected chi connectivity index (χ3v) is 6.13. The molecule has 0 unspecified atom stereocenters. The fourth-order valence-electron chi connectivity index (χ4n) is 3.96. The summed E-state index contributed by atoms with van der Waals surface area (Å²) in [5.74, 6) is 0.00804. The Balaban J connectivity index is 1.83. The molecule has 0 atom stereocenters. The molecule has 1 N–H and O–H groups in total. The maximum absolute atomic E-state index is 13.7. The van der Waals surface area contributed by atoms with Gasteiger partial charge in [-0.1, -0.05) is 30.3 Å². The van der Waals surface area contributed by atoms with E-state index in [-0.39, 0.29) is 17.5 Å². The molecule has 5 nitrogen and oxygen atoms in total. The summed E-state index contributed by atoms with van der Waals surface area (Å²) < 4.78 is 5.54. The fraction of sp³-hybridized carbons (Fsp3) is 0.214. The standard InChI is InChI=1S/C28H28N2O3/c1-6-33-23-14-11-21(12-15-23)25-26(29-22-13-10-17(2)19(4)16-22)28(32)30(27(25)31)24-9-7-8-18(3)20(24)5/h7-16,29H,6H2,1-5H3. The lowest BCUT2D eigenvalue weighted by molar-refractivity contribution is -0.120. The molecule has 0 aliphatic carbocycles. The highest BCUT2D eigenvalue weighted by Crippen LogP contribution is 2.36. The van der Waals surface area contributed by atoms with Crippen LogP contribution in [0.3, 0.4) is 0 Å². The zero-order chi connectivity index (χ0) is 23.7. The van der Waals surface area contributed by atoms with Gasteiger partial charge in [0.2, 0.25) is 0 Å². The molecule has 3 aromatic rings. The van der Waals surface area contributed by atoms with Crippen LogP contribution in [-0.2, 0) is 9.59 Å². The summed E-state index contributed by atoms with van der Waals surface area (Å²) in [6.45, 7) is 10.4. The fourth-order valence-corrected chi connectivity index (χ4v) is 3.96. The number of imide groups is 1. The van der Waals surface area contributed by atoms with Gasteiger partial charge in [0.15, 0.2) is 0 Å². The van der Waals surface area contributed by atoms with Crippen LogP contribution in [0.25, 0.3) is 5.57 Å². The van der Waals surface area contributed by atoms with E-state index in [0.717, 1.165) is 27.9 Å². The topological polar surface area (TPSA) is 58.6 Å². The number of aryl methyl sites for hydroxylation is 3. The molecule has 33 heavy (non-hydrogen) atoms. The van der Waals surface area contributed by atoms with Gasteiger partial charge >= 0.3 is 0 Å². The van der Waals surface area contributed by atoms with E-state index < -0.39 is 0 Å². The van der Waals surface area contributed by atoms with Gasteiger partial charge in [-0.3, -0.25) is 9.59 Å². The molecular weight excluding hydrogens is 412 g/mol. The highest BCUT2D eigenvalue weighted by molar-refractivity contribution is 6.46. The smallest absolute Gasteiger partial charge is 0.282 e. The van der Waals surface area contributed by atoms with Gasteiger partial charge in [0.25, 0.3) is 11.8 Å². The van der Waals surface area contributed by atoms with Gasteiger partial charge in [0, 0.05) is 5.69 Å². The largest absolute Gasteiger partial charge is 0.494 e. The first-order valence-corrected chi connectivity index (χ1v) is 11.1. The molecule has 3 aromatic carbocycles. The quantitative estimate of drug-likeness (QED) is 0.499. The van der Waals surface area contributed by atoms with Gasteiger partial charge in [0.05, 0.1) is 17.9 Å². The van der Waals surface area contributed by atoms with Crippen molar-refractivity contribution in [1.29, 1.82) is 0 Å². The van der Waals surface area contributed by atoms with E-state index >= 15 is 0 Å².